The van der Waals surface area contributed by atoms with E-state index in [0.29, 0.717) is 16.8 Å². The van der Waals surface area contributed by atoms with Gasteiger partial charge in [-0.1, -0.05) is 24.3 Å². The van der Waals surface area contributed by atoms with Crippen LogP contribution in [0.4, 0.5) is 24.5 Å². The normalized spacial score (nSPS) is 11.7. The summed E-state index contributed by atoms with van der Waals surface area (Å²) in [7, 11) is 0. The van der Waals surface area contributed by atoms with Gasteiger partial charge >= 0.3 is 12.1 Å². The predicted octanol–water partition coefficient (Wildman–Crippen LogP) is 3.18. The minimum absolute atomic E-state index is 0.0360. The summed E-state index contributed by atoms with van der Waals surface area (Å²) >= 11 is 0. The number of nitro benzene ring substituents is 1. The Labute approximate surface area is 162 Å². The molecule has 0 aromatic heterocycles. The molecule has 2 amide bonds. The molecule has 0 aliphatic rings. The van der Waals surface area contributed by atoms with E-state index in [4.69, 9.17) is 0 Å². The maximum Gasteiger partial charge on any atom is 0.471 e. The molecule has 2 aromatic carbocycles. The van der Waals surface area contributed by atoms with Crippen molar-refractivity contribution >= 4 is 28.9 Å². The highest BCUT2D eigenvalue weighted by Gasteiger charge is 2.38. The molecule has 11 heteroatoms. The topological polar surface area (TPSA) is 114 Å². The molecule has 0 unspecified atom stereocenters. The molecule has 0 heterocycles. The second-order valence-electron chi connectivity index (χ2n) is 5.86. The molecule has 0 saturated heterocycles. The van der Waals surface area contributed by atoms with Crippen LogP contribution in [0, 0.1) is 10.1 Å². The van der Waals surface area contributed by atoms with Crippen LogP contribution in [0.15, 0.2) is 53.6 Å². The van der Waals surface area contributed by atoms with Gasteiger partial charge in [-0.3, -0.25) is 19.7 Å². The van der Waals surface area contributed by atoms with Gasteiger partial charge < -0.3 is 5.32 Å². The maximum absolute atomic E-state index is 12.2. The van der Waals surface area contributed by atoms with Crippen LogP contribution in [0.2, 0.25) is 0 Å². The Bertz CT molecular complexity index is 939. The molecular formula is C18H15F3N4O4. The highest BCUT2D eigenvalue weighted by Crippen LogP contribution is 2.18. The average Bonchev–Trinajstić information content (AvgIpc) is 2.66. The van der Waals surface area contributed by atoms with Crippen LogP contribution in [0.1, 0.15) is 18.1 Å². The van der Waals surface area contributed by atoms with E-state index in [9.17, 15) is 32.9 Å². The Morgan fingerprint density at radius 1 is 1.07 bits per heavy atom. The zero-order chi connectivity index (χ0) is 21.6. The monoisotopic (exact) mass is 408 g/mol. The summed E-state index contributed by atoms with van der Waals surface area (Å²) in [6.45, 7) is 1.58. The third kappa shape index (κ3) is 6.41. The molecule has 0 aliphatic heterocycles. The van der Waals surface area contributed by atoms with Crippen molar-refractivity contribution in [3.8, 4) is 0 Å². The van der Waals surface area contributed by atoms with E-state index in [0.717, 1.165) is 0 Å². The molecule has 0 radical (unpaired) electrons. The molecular weight excluding hydrogens is 393 g/mol. The molecule has 0 aliphatic carbocycles. The number of rotatable bonds is 6. The molecule has 0 saturated carbocycles. The number of alkyl halides is 3. The van der Waals surface area contributed by atoms with Gasteiger partial charge in [0.15, 0.2) is 0 Å². The number of benzene rings is 2. The lowest BCUT2D eigenvalue weighted by atomic mass is 10.1. The van der Waals surface area contributed by atoms with Gasteiger partial charge in [0.25, 0.3) is 5.69 Å². The molecule has 0 fully saturated rings. The van der Waals surface area contributed by atoms with Crippen molar-refractivity contribution in [2.45, 2.75) is 19.5 Å². The summed E-state index contributed by atoms with van der Waals surface area (Å²) in [6.07, 6.45) is -5.03. The standard InChI is InChI=1S/C18H15F3N4O4/c1-11(13-4-6-14(7-5-13)22-17(27)18(19,20)21)23-24-16(26)10-12-2-8-15(9-3-12)25(28)29/h2-9H,10H2,1H3,(H,22,27)(H,24,26)/b23-11-. The molecule has 2 N–H and O–H groups in total. The third-order valence-corrected chi connectivity index (χ3v) is 3.68. The fourth-order valence-corrected chi connectivity index (χ4v) is 2.17. The number of carbonyl (C=O) groups excluding carboxylic acids is 2. The van der Waals surface area contributed by atoms with Crippen LogP contribution < -0.4 is 10.7 Å². The first-order valence-electron chi connectivity index (χ1n) is 8.11. The fourth-order valence-electron chi connectivity index (χ4n) is 2.17. The maximum atomic E-state index is 12.2. The summed E-state index contributed by atoms with van der Waals surface area (Å²) in [6, 6.07) is 10.9. The van der Waals surface area contributed by atoms with Crippen LogP contribution >= 0.6 is 0 Å². The third-order valence-electron chi connectivity index (χ3n) is 3.68. The average molecular weight is 408 g/mol. The van der Waals surface area contributed by atoms with Crippen molar-refractivity contribution in [1.82, 2.24) is 5.43 Å². The number of hydrogen-bond acceptors (Lipinski definition) is 5. The van der Waals surface area contributed by atoms with Crippen LogP contribution in [-0.4, -0.2) is 28.6 Å². The number of nitro groups is 1. The van der Waals surface area contributed by atoms with E-state index in [1.54, 1.807) is 12.2 Å². The number of carbonyl (C=O) groups is 2. The van der Waals surface area contributed by atoms with Crippen LogP contribution in [0.25, 0.3) is 0 Å². The number of nitrogens with zero attached hydrogens (tertiary/aromatic N) is 2. The lowest BCUT2D eigenvalue weighted by molar-refractivity contribution is -0.384. The van der Waals surface area contributed by atoms with E-state index in [1.807, 2.05) is 0 Å². The van der Waals surface area contributed by atoms with Gasteiger partial charge in [0.05, 0.1) is 17.1 Å². The molecule has 29 heavy (non-hydrogen) atoms. The number of hydrogen-bond donors (Lipinski definition) is 2. The number of non-ortho nitro benzene ring substituents is 1. The van der Waals surface area contributed by atoms with Crippen molar-refractivity contribution in [3.05, 3.63) is 69.8 Å². The van der Waals surface area contributed by atoms with Gasteiger partial charge in [0.2, 0.25) is 5.91 Å². The van der Waals surface area contributed by atoms with E-state index in [1.165, 1.54) is 48.5 Å². The molecule has 2 rings (SSSR count). The Kier molecular flexibility index (Phi) is 6.65. The zero-order valence-corrected chi connectivity index (χ0v) is 15.0. The minimum atomic E-state index is -4.98. The second-order valence-corrected chi connectivity index (χ2v) is 5.86. The first-order chi connectivity index (χ1) is 13.6. The first kappa shape index (κ1) is 21.5. The van der Waals surface area contributed by atoms with E-state index >= 15 is 0 Å². The summed E-state index contributed by atoms with van der Waals surface area (Å²) < 4.78 is 36.7. The molecule has 8 nitrogen and oxygen atoms in total. The van der Waals surface area contributed by atoms with Gasteiger partial charge in [-0.15, -0.1) is 0 Å². The largest absolute Gasteiger partial charge is 0.471 e. The SMILES string of the molecule is C/C(=N/NC(=O)Cc1ccc([N+](=O)[O-])cc1)c1ccc(NC(=O)C(F)(F)F)cc1. The number of nitrogens with one attached hydrogen (secondary N) is 2. The minimum Gasteiger partial charge on any atom is -0.318 e. The lowest BCUT2D eigenvalue weighted by Gasteiger charge is -2.08. The number of amides is 2. The highest BCUT2D eigenvalue weighted by atomic mass is 19.4. The first-order valence-corrected chi connectivity index (χ1v) is 8.11. The highest BCUT2D eigenvalue weighted by molar-refractivity contribution is 6.00. The second kappa shape index (κ2) is 8.95. The molecule has 0 spiro atoms. The molecule has 152 valence electrons. The van der Waals surface area contributed by atoms with Crippen molar-refractivity contribution in [2.75, 3.05) is 5.32 Å². The van der Waals surface area contributed by atoms with E-state index < -0.39 is 22.9 Å². The summed E-state index contributed by atoms with van der Waals surface area (Å²) in [5.41, 5.74) is 3.67. The summed E-state index contributed by atoms with van der Waals surface area (Å²) in [5, 5.41) is 16.2. The van der Waals surface area contributed by atoms with Crippen LogP contribution in [-0.2, 0) is 16.0 Å². The van der Waals surface area contributed by atoms with Crippen LogP contribution in [0.3, 0.4) is 0 Å². The van der Waals surface area contributed by atoms with Crippen molar-refractivity contribution < 1.29 is 27.7 Å². The van der Waals surface area contributed by atoms with E-state index in [-0.39, 0.29) is 17.8 Å². The Balaban J connectivity index is 1.94. The Morgan fingerprint density at radius 2 is 1.66 bits per heavy atom. The van der Waals surface area contributed by atoms with Gasteiger partial charge in [0.1, 0.15) is 0 Å². The molecule has 0 atom stereocenters. The number of hydrazone groups is 1. The van der Waals surface area contributed by atoms with Crippen LogP contribution in [0.5, 0.6) is 0 Å². The Morgan fingerprint density at radius 3 is 2.17 bits per heavy atom. The summed E-state index contributed by atoms with van der Waals surface area (Å²) in [5.74, 6) is -2.53. The number of anilines is 1. The van der Waals surface area contributed by atoms with Gasteiger partial charge in [-0.2, -0.15) is 18.3 Å². The van der Waals surface area contributed by atoms with Crippen molar-refractivity contribution in [3.63, 3.8) is 0 Å². The van der Waals surface area contributed by atoms with Gasteiger partial charge in [-0.05, 0) is 30.2 Å². The quantitative estimate of drug-likeness (QED) is 0.434. The zero-order valence-electron chi connectivity index (χ0n) is 15.0. The Hall–Kier alpha value is -3.76. The van der Waals surface area contributed by atoms with Crippen molar-refractivity contribution in [2.24, 2.45) is 5.10 Å². The lowest BCUT2D eigenvalue weighted by Crippen LogP contribution is -2.29. The van der Waals surface area contributed by atoms with Crippen molar-refractivity contribution in [1.29, 1.82) is 0 Å². The molecule has 0 bridgehead atoms. The smallest absolute Gasteiger partial charge is 0.318 e. The van der Waals surface area contributed by atoms with E-state index in [2.05, 4.69) is 10.5 Å². The van der Waals surface area contributed by atoms with Gasteiger partial charge in [0, 0.05) is 17.8 Å². The number of halogens is 3. The molecule has 2 aromatic rings. The fraction of sp³-hybridized carbons (Fsp3) is 0.167. The predicted molar refractivity (Wildman–Crippen MR) is 98.3 cm³/mol. The summed E-state index contributed by atoms with van der Waals surface area (Å²) in [4.78, 5) is 32.9. The van der Waals surface area contributed by atoms with Gasteiger partial charge in [-0.25, -0.2) is 5.43 Å².